The van der Waals surface area contributed by atoms with E-state index in [4.69, 9.17) is 9.47 Å². The summed E-state index contributed by atoms with van der Waals surface area (Å²) in [5, 5.41) is 0. The van der Waals surface area contributed by atoms with Gasteiger partial charge in [0.15, 0.2) is 0 Å². The fraction of sp³-hybridized carbons (Fsp3) is 0.333. The van der Waals surface area contributed by atoms with E-state index in [1.54, 1.807) is 18.2 Å². The van der Waals surface area contributed by atoms with Gasteiger partial charge in [0.25, 0.3) is 0 Å². The minimum absolute atomic E-state index is 0.0166. The molecule has 2 rings (SSSR count). The fourth-order valence-corrected chi connectivity index (χ4v) is 3.52. The molecule has 0 aromatic heterocycles. The molecule has 5 nitrogen and oxygen atoms in total. The van der Waals surface area contributed by atoms with E-state index in [0.29, 0.717) is 25.3 Å². The summed E-state index contributed by atoms with van der Waals surface area (Å²) in [6.45, 7) is 2.76. The molecule has 0 bridgehead atoms. The number of sulfonamides is 1. The van der Waals surface area contributed by atoms with Crippen LogP contribution < -0.4 is 9.46 Å². The molecule has 0 radical (unpaired) electrons. The minimum atomic E-state index is -3.59. The predicted molar refractivity (Wildman–Crippen MR) is 93.6 cm³/mol. The zero-order chi connectivity index (χ0) is 17.4. The molecule has 0 saturated heterocycles. The standard InChI is InChI=1S/C18H23NO4S/c1-15(16-9-4-3-5-10-16)23-14-8-13-19-24(20,21)18-12-7-6-11-17(18)22-2/h3-7,9-12,15,19H,8,13-14H2,1-2H3. The van der Waals surface area contributed by atoms with E-state index in [2.05, 4.69) is 4.72 Å². The van der Waals surface area contributed by atoms with Crippen molar-refractivity contribution in [3.63, 3.8) is 0 Å². The average molecular weight is 349 g/mol. The number of hydrogen-bond donors (Lipinski definition) is 1. The normalized spacial score (nSPS) is 12.8. The summed E-state index contributed by atoms with van der Waals surface area (Å²) in [6, 6.07) is 16.5. The van der Waals surface area contributed by atoms with Crippen LogP contribution in [0.1, 0.15) is 25.0 Å². The first-order valence-electron chi connectivity index (χ1n) is 7.84. The Morgan fingerprint density at radius 1 is 1.04 bits per heavy atom. The van der Waals surface area contributed by atoms with Crippen molar-refractivity contribution in [2.75, 3.05) is 20.3 Å². The number of benzene rings is 2. The van der Waals surface area contributed by atoms with Crippen molar-refractivity contribution < 1.29 is 17.9 Å². The Kier molecular flexibility index (Phi) is 6.78. The van der Waals surface area contributed by atoms with Gasteiger partial charge in [0.05, 0.1) is 13.2 Å². The lowest BCUT2D eigenvalue weighted by atomic mass is 10.1. The molecule has 0 spiro atoms. The van der Waals surface area contributed by atoms with Crippen molar-refractivity contribution in [1.29, 1.82) is 0 Å². The predicted octanol–water partition coefficient (Wildman–Crippen LogP) is 3.14. The van der Waals surface area contributed by atoms with Gasteiger partial charge >= 0.3 is 0 Å². The molecule has 0 fully saturated rings. The van der Waals surface area contributed by atoms with Crippen molar-refractivity contribution in [2.24, 2.45) is 0 Å². The van der Waals surface area contributed by atoms with Crippen molar-refractivity contribution >= 4 is 10.0 Å². The lowest BCUT2D eigenvalue weighted by Crippen LogP contribution is -2.26. The Labute approximate surface area is 143 Å². The third-order valence-electron chi connectivity index (χ3n) is 3.61. The van der Waals surface area contributed by atoms with E-state index in [9.17, 15) is 8.42 Å². The quantitative estimate of drug-likeness (QED) is 0.707. The first-order valence-corrected chi connectivity index (χ1v) is 9.32. The van der Waals surface area contributed by atoms with Crippen LogP contribution in [-0.4, -0.2) is 28.7 Å². The van der Waals surface area contributed by atoms with Gasteiger partial charge in [-0.05, 0) is 31.0 Å². The summed E-state index contributed by atoms with van der Waals surface area (Å²) in [5.41, 5.74) is 1.10. The minimum Gasteiger partial charge on any atom is -0.495 e. The second-order valence-electron chi connectivity index (χ2n) is 5.33. The number of hydrogen-bond acceptors (Lipinski definition) is 4. The SMILES string of the molecule is COc1ccccc1S(=O)(=O)NCCCOC(C)c1ccccc1. The highest BCUT2D eigenvalue weighted by molar-refractivity contribution is 7.89. The first kappa shape index (κ1) is 18.4. The van der Waals surface area contributed by atoms with Crippen LogP contribution in [0.3, 0.4) is 0 Å². The van der Waals surface area contributed by atoms with E-state index >= 15 is 0 Å². The van der Waals surface area contributed by atoms with Crippen molar-refractivity contribution in [3.05, 3.63) is 60.2 Å². The maximum Gasteiger partial charge on any atom is 0.244 e. The molecular formula is C18H23NO4S. The Morgan fingerprint density at radius 2 is 1.71 bits per heavy atom. The largest absolute Gasteiger partial charge is 0.495 e. The molecule has 2 aromatic carbocycles. The topological polar surface area (TPSA) is 64.6 Å². The molecule has 1 N–H and O–H groups in total. The summed E-state index contributed by atoms with van der Waals surface area (Å²) in [7, 11) is -2.13. The third-order valence-corrected chi connectivity index (χ3v) is 5.11. The fourth-order valence-electron chi connectivity index (χ4n) is 2.28. The van der Waals surface area contributed by atoms with Crippen LogP contribution in [-0.2, 0) is 14.8 Å². The zero-order valence-corrected chi connectivity index (χ0v) is 14.8. The molecule has 0 saturated carbocycles. The molecule has 0 aliphatic rings. The van der Waals surface area contributed by atoms with Crippen molar-refractivity contribution in [2.45, 2.75) is 24.3 Å². The van der Waals surface area contributed by atoms with Gasteiger partial charge < -0.3 is 9.47 Å². The summed E-state index contributed by atoms with van der Waals surface area (Å²) in [5.74, 6) is 0.332. The zero-order valence-electron chi connectivity index (χ0n) is 13.9. The Hall–Kier alpha value is -1.89. The van der Waals surface area contributed by atoms with Crippen LogP contribution in [0, 0.1) is 0 Å². The van der Waals surface area contributed by atoms with Gasteiger partial charge in [-0.2, -0.15) is 0 Å². The van der Waals surface area contributed by atoms with Crippen molar-refractivity contribution in [1.82, 2.24) is 4.72 Å². The first-order chi connectivity index (χ1) is 11.5. The maximum atomic E-state index is 12.3. The molecule has 130 valence electrons. The van der Waals surface area contributed by atoms with Crippen LogP contribution >= 0.6 is 0 Å². The van der Waals surface area contributed by atoms with Crippen LogP contribution in [0.5, 0.6) is 5.75 Å². The molecular weight excluding hydrogens is 326 g/mol. The van der Waals surface area contributed by atoms with E-state index in [1.165, 1.54) is 13.2 Å². The Bertz CT molecular complexity index is 732. The molecule has 1 atom stereocenters. The van der Waals surface area contributed by atoms with Crippen LogP contribution in [0.4, 0.5) is 0 Å². The van der Waals surface area contributed by atoms with E-state index in [1.807, 2.05) is 37.3 Å². The Balaban J connectivity index is 1.79. The highest BCUT2D eigenvalue weighted by atomic mass is 32.2. The molecule has 1 unspecified atom stereocenters. The lowest BCUT2D eigenvalue weighted by molar-refractivity contribution is 0.0647. The smallest absolute Gasteiger partial charge is 0.244 e. The summed E-state index contributed by atoms with van der Waals surface area (Å²) in [6.07, 6.45) is 0.572. The van der Waals surface area contributed by atoms with Gasteiger partial charge in [-0.1, -0.05) is 42.5 Å². The highest BCUT2D eigenvalue weighted by Crippen LogP contribution is 2.22. The van der Waals surface area contributed by atoms with Crippen LogP contribution in [0.15, 0.2) is 59.5 Å². The van der Waals surface area contributed by atoms with E-state index in [-0.39, 0.29) is 11.0 Å². The number of ether oxygens (including phenoxy) is 2. The molecule has 6 heteroatoms. The summed E-state index contributed by atoms with van der Waals surface area (Å²) >= 11 is 0. The Morgan fingerprint density at radius 3 is 2.42 bits per heavy atom. The van der Waals surface area contributed by atoms with Gasteiger partial charge in [-0.15, -0.1) is 0 Å². The maximum absolute atomic E-state index is 12.3. The van der Waals surface area contributed by atoms with Gasteiger partial charge in [0, 0.05) is 13.2 Å². The van der Waals surface area contributed by atoms with E-state index in [0.717, 1.165) is 5.56 Å². The highest BCUT2D eigenvalue weighted by Gasteiger charge is 2.18. The van der Waals surface area contributed by atoms with Crippen LogP contribution in [0.25, 0.3) is 0 Å². The molecule has 2 aromatic rings. The van der Waals surface area contributed by atoms with Gasteiger partial charge in [0.1, 0.15) is 10.6 Å². The monoisotopic (exact) mass is 349 g/mol. The van der Waals surface area contributed by atoms with Gasteiger partial charge in [-0.25, -0.2) is 13.1 Å². The molecule has 0 aliphatic heterocycles. The van der Waals surface area contributed by atoms with Crippen molar-refractivity contribution in [3.8, 4) is 5.75 Å². The average Bonchev–Trinajstić information content (AvgIpc) is 2.62. The molecule has 0 heterocycles. The summed E-state index contributed by atoms with van der Waals surface area (Å²) in [4.78, 5) is 0.145. The number of nitrogens with one attached hydrogen (secondary N) is 1. The number of rotatable bonds is 9. The summed E-state index contributed by atoms with van der Waals surface area (Å²) < 4.78 is 38.0. The van der Waals surface area contributed by atoms with Gasteiger partial charge in [-0.3, -0.25) is 0 Å². The number of para-hydroxylation sites is 1. The van der Waals surface area contributed by atoms with Crippen LogP contribution in [0.2, 0.25) is 0 Å². The van der Waals surface area contributed by atoms with Gasteiger partial charge in [0.2, 0.25) is 10.0 Å². The second-order valence-corrected chi connectivity index (χ2v) is 7.06. The second kappa shape index (κ2) is 8.82. The molecule has 0 aliphatic carbocycles. The number of methoxy groups -OCH3 is 1. The molecule has 24 heavy (non-hydrogen) atoms. The lowest BCUT2D eigenvalue weighted by Gasteiger charge is -2.14. The van der Waals surface area contributed by atoms with E-state index < -0.39 is 10.0 Å². The molecule has 0 amide bonds. The third kappa shape index (κ3) is 5.06.